The molecular weight excluding hydrogens is 317 g/mol. The van der Waals surface area contributed by atoms with E-state index in [2.05, 4.69) is 0 Å². The fourth-order valence-electron chi connectivity index (χ4n) is 2.91. The number of likely N-dealkylation sites (N-methyl/N-ethyl adjacent to an activating group) is 1. The maximum atomic E-state index is 12.6. The lowest BCUT2D eigenvalue weighted by atomic mass is 9.75. The van der Waals surface area contributed by atoms with Crippen LogP contribution < -0.4 is 10.2 Å². The molecule has 0 saturated carbocycles. The summed E-state index contributed by atoms with van der Waals surface area (Å²) in [5, 5.41) is 0. The standard InChI is InChI=1S/C19H30BNO4/c1-8-21(9-2)17(22)13-14-12-15(23-7)10-11-16(14)20-24-18(3,4)19(5,6)25-20/h10-12H,8-9,13H2,1-7H3. The highest BCUT2D eigenvalue weighted by atomic mass is 16.7. The van der Waals surface area contributed by atoms with Crippen molar-refractivity contribution in [3.8, 4) is 5.75 Å². The molecule has 6 heteroatoms. The van der Waals surface area contributed by atoms with Crippen LogP contribution in [0.4, 0.5) is 0 Å². The summed E-state index contributed by atoms with van der Waals surface area (Å²) in [7, 11) is 1.13. The molecule has 0 atom stereocenters. The van der Waals surface area contributed by atoms with E-state index < -0.39 is 18.3 Å². The van der Waals surface area contributed by atoms with Gasteiger partial charge in [0.1, 0.15) is 5.75 Å². The number of rotatable bonds is 6. The van der Waals surface area contributed by atoms with E-state index in [1.165, 1.54) is 0 Å². The van der Waals surface area contributed by atoms with E-state index in [1.54, 1.807) is 7.11 Å². The Balaban J connectivity index is 2.34. The number of carbonyl (C=O) groups excluding carboxylic acids is 1. The molecular formula is C19H30BNO4. The molecule has 1 aliphatic rings. The Kier molecular flexibility index (Phi) is 5.84. The highest BCUT2D eigenvalue weighted by Crippen LogP contribution is 2.36. The Morgan fingerprint density at radius 3 is 2.16 bits per heavy atom. The molecule has 0 N–H and O–H groups in total. The molecule has 1 aromatic rings. The van der Waals surface area contributed by atoms with Crippen LogP contribution in [-0.2, 0) is 20.5 Å². The summed E-state index contributed by atoms with van der Waals surface area (Å²) in [5.74, 6) is 0.818. The Hall–Kier alpha value is -1.53. The summed E-state index contributed by atoms with van der Waals surface area (Å²) < 4.78 is 17.7. The van der Waals surface area contributed by atoms with E-state index in [0.717, 1.165) is 16.8 Å². The molecule has 1 aromatic carbocycles. The molecule has 0 bridgehead atoms. The van der Waals surface area contributed by atoms with Crippen LogP contribution in [0.2, 0.25) is 0 Å². The van der Waals surface area contributed by atoms with E-state index in [0.29, 0.717) is 19.5 Å². The predicted molar refractivity (Wildman–Crippen MR) is 100 cm³/mol. The third-order valence-corrected chi connectivity index (χ3v) is 5.32. The van der Waals surface area contributed by atoms with Gasteiger partial charge in [-0.1, -0.05) is 6.07 Å². The van der Waals surface area contributed by atoms with Crippen molar-refractivity contribution in [3.63, 3.8) is 0 Å². The quantitative estimate of drug-likeness (QED) is 0.742. The summed E-state index contributed by atoms with van der Waals surface area (Å²) in [5.41, 5.74) is 0.935. The maximum Gasteiger partial charge on any atom is 0.495 e. The van der Waals surface area contributed by atoms with Gasteiger partial charge in [-0.25, -0.2) is 0 Å². The van der Waals surface area contributed by atoms with Gasteiger partial charge in [0.05, 0.1) is 24.7 Å². The zero-order chi connectivity index (χ0) is 18.8. The fourth-order valence-corrected chi connectivity index (χ4v) is 2.91. The molecule has 1 fully saturated rings. The number of methoxy groups -OCH3 is 1. The first-order chi connectivity index (χ1) is 11.6. The van der Waals surface area contributed by atoms with Crippen molar-refractivity contribution in [1.29, 1.82) is 0 Å². The Labute approximate surface area is 151 Å². The van der Waals surface area contributed by atoms with Crippen molar-refractivity contribution >= 4 is 18.5 Å². The summed E-state index contributed by atoms with van der Waals surface area (Å²) in [4.78, 5) is 14.4. The molecule has 0 unspecified atom stereocenters. The second-order valence-corrected chi connectivity index (χ2v) is 7.40. The van der Waals surface area contributed by atoms with Crippen LogP contribution >= 0.6 is 0 Å². The van der Waals surface area contributed by atoms with Crippen LogP contribution in [0.25, 0.3) is 0 Å². The lowest BCUT2D eigenvalue weighted by molar-refractivity contribution is -0.130. The predicted octanol–water partition coefficient (Wildman–Crippen LogP) is 2.41. The van der Waals surface area contributed by atoms with Gasteiger partial charge >= 0.3 is 7.12 Å². The van der Waals surface area contributed by atoms with Gasteiger partial charge in [0, 0.05) is 13.1 Å². The van der Waals surface area contributed by atoms with Crippen LogP contribution in [0.1, 0.15) is 47.1 Å². The number of ether oxygens (including phenoxy) is 1. The largest absolute Gasteiger partial charge is 0.497 e. The summed E-state index contributed by atoms with van der Waals surface area (Å²) in [6, 6.07) is 5.72. The molecule has 5 nitrogen and oxygen atoms in total. The van der Waals surface area contributed by atoms with E-state index in [-0.39, 0.29) is 5.91 Å². The second-order valence-electron chi connectivity index (χ2n) is 7.40. The maximum absolute atomic E-state index is 12.6. The Morgan fingerprint density at radius 1 is 1.12 bits per heavy atom. The monoisotopic (exact) mass is 347 g/mol. The summed E-state index contributed by atoms with van der Waals surface area (Å²) >= 11 is 0. The molecule has 2 rings (SSSR count). The first-order valence-electron chi connectivity index (χ1n) is 8.95. The number of carbonyl (C=O) groups is 1. The van der Waals surface area contributed by atoms with E-state index in [1.807, 2.05) is 64.6 Å². The lowest BCUT2D eigenvalue weighted by Crippen LogP contribution is -2.41. The number of hydrogen-bond donors (Lipinski definition) is 0. The van der Waals surface area contributed by atoms with Crippen molar-refractivity contribution in [2.45, 2.75) is 59.2 Å². The SMILES string of the molecule is CCN(CC)C(=O)Cc1cc(OC)ccc1B1OC(C)(C)C(C)(C)O1. The van der Waals surface area contributed by atoms with Gasteiger partial charge in [0.2, 0.25) is 5.91 Å². The topological polar surface area (TPSA) is 48.0 Å². The zero-order valence-corrected chi connectivity index (χ0v) is 16.5. The van der Waals surface area contributed by atoms with Gasteiger partial charge in [-0.2, -0.15) is 0 Å². The minimum Gasteiger partial charge on any atom is -0.497 e. The first kappa shape index (κ1) is 19.8. The lowest BCUT2D eigenvalue weighted by Gasteiger charge is -2.32. The van der Waals surface area contributed by atoms with Gasteiger partial charge < -0.3 is 18.9 Å². The molecule has 0 radical (unpaired) electrons. The molecule has 1 saturated heterocycles. The Bertz CT molecular complexity index is 610. The number of amides is 1. The van der Waals surface area contributed by atoms with Gasteiger partial charge in [0.15, 0.2) is 0 Å². The van der Waals surface area contributed by atoms with Crippen molar-refractivity contribution in [1.82, 2.24) is 4.90 Å². The summed E-state index contributed by atoms with van der Waals surface area (Å²) in [6.07, 6.45) is 0.304. The van der Waals surface area contributed by atoms with Crippen molar-refractivity contribution in [2.75, 3.05) is 20.2 Å². The minimum atomic E-state index is -0.490. The van der Waals surface area contributed by atoms with Crippen LogP contribution in [0.15, 0.2) is 18.2 Å². The average molecular weight is 347 g/mol. The van der Waals surface area contributed by atoms with E-state index >= 15 is 0 Å². The average Bonchev–Trinajstić information content (AvgIpc) is 2.76. The van der Waals surface area contributed by atoms with Crippen molar-refractivity contribution in [3.05, 3.63) is 23.8 Å². The van der Waals surface area contributed by atoms with Crippen molar-refractivity contribution in [2.24, 2.45) is 0 Å². The molecule has 0 spiro atoms. The van der Waals surface area contributed by atoms with Gasteiger partial charge in [0.25, 0.3) is 0 Å². The molecule has 0 aliphatic carbocycles. The minimum absolute atomic E-state index is 0.0935. The smallest absolute Gasteiger partial charge is 0.495 e. The second kappa shape index (κ2) is 7.38. The van der Waals surface area contributed by atoms with Crippen molar-refractivity contribution < 1.29 is 18.8 Å². The molecule has 138 valence electrons. The third kappa shape index (κ3) is 4.01. The number of benzene rings is 1. The van der Waals surface area contributed by atoms with Crippen LogP contribution in [0, 0.1) is 0 Å². The highest BCUT2D eigenvalue weighted by molar-refractivity contribution is 6.62. The highest BCUT2D eigenvalue weighted by Gasteiger charge is 2.52. The van der Waals surface area contributed by atoms with Gasteiger partial charge in [-0.3, -0.25) is 4.79 Å². The number of hydrogen-bond acceptors (Lipinski definition) is 4. The third-order valence-electron chi connectivity index (χ3n) is 5.32. The van der Waals surface area contributed by atoms with Gasteiger partial charge in [-0.05, 0) is 64.7 Å². The fraction of sp³-hybridized carbons (Fsp3) is 0.632. The van der Waals surface area contributed by atoms with E-state index in [4.69, 9.17) is 14.0 Å². The Morgan fingerprint density at radius 2 is 1.68 bits per heavy atom. The normalized spacial score (nSPS) is 18.3. The molecule has 1 amide bonds. The molecule has 0 aromatic heterocycles. The van der Waals surface area contributed by atoms with Crippen LogP contribution in [0.3, 0.4) is 0 Å². The molecule has 1 aliphatic heterocycles. The summed E-state index contributed by atoms with van der Waals surface area (Å²) in [6.45, 7) is 13.5. The first-order valence-corrected chi connectivity index (χ1v) is 8.95. The van der Waals surface area contributed by atoms with Crippen LogP contribution in [0.5, 0.6) is 5.75 Å². The van der Waals surface area contributed by atoms with Gasteiger partial charge in [-0.15, -0.1) is 0 Å². The molecule has 1 heterocycles. The van der Waals surface area contributed by atoms with Crippen LogP contribution in [-0.4, -0.2) is 49.3 Å². The van der Waals surface area contributed by atoms with E-state index in [9.17, 15) is 4.79 Å². The zero-order valence-electron chi connectivity index (χ0n) is 16.5. The number of nitrogens with zero attached hydrogens (tertiary/aromatic N) is 1. The molecule has 25 heavy (non-hydrogen) atoms.